The van der Waals surface area contributed by atoms with Crippen LogP contribution in [0.25, 0.3) is 0 Å². The van der Waals surface area contributed by atoms with Crippen molar-refractivity contribution in [1.82, 2.24) is 9.88 Å². The number of rotatable bonds is 5. The van der Waals surface area contributed by atoms with Crippen LogP contribution in [0.15, 0.2) is 18.3 Å². The summed E-state index contributed by atoms with van der Waals surface area (Å²) >= 11 is 0. The van der Waals surface area contributed by atoms with Crippen molar-refractivity contribution in [1.29, 1.82) is 0 Å². The Bertz CT molecular complexity index is 385. The molecule has 0 spiro atoms. The van der Waals surface area contributed by atoms with Crippen molar-refractivity contribution in [2.24, 2.45) is 0 Å². The Labute approximate surface area is 116 Å². The molecule has 0 aromatic carbocycles. The first-order valence-corrected chi connectivity index (χ1v) is 7.35. The minimum atomic E-state index is 0.486. The molecule has 1 aromatic heterocycles. The van der Waals surface area contributed by atoms with Crippen LogP contribution in [-0.2, 0) is 0 Å². The number of likely N-dealkylation sites (N-methyl/N-ethyl adjacent to an activating group) is 1. The van der Waals surface area contributed by atoms with Crippen molar-refractivity contribution in [3.05, 3.63) is 18.3 Å². The number of piperazine rings is 1. The van der Waals surface area contributed by atoms with E-state index in [9.17, 15) is 0 Å². The summed E-state index contributed by atoms with van der Waals surface area (Å²) in [5.41, 5.74) is 1.29. The highest BCUT2D eigenvalue weighted by Gasteiger charge is 2.14. The van der Waals surface area contributed by atoms with E-state index in [2.05, 4.69) is 53.1 Å². The molecule has 4 nitrogen and oxygen atoms in total. The molecule has 0 amide bonds. The van der Waals surface area contributed by atoms with Crippen LogP contribution in [0.1, 0.15) is 26.7 Å². The average molecular weight is 262 g/mol. The second kappa shape index (κ2) is 6.75. The second-order valence-corrected chi connectivity index (χ2v) is 5.52. The lowest BCUT2D eigenvalue weighted by Gasteiger charge is -2.34. The van der Waals surface area contributed by atoms with Crippen LogP contribution in [-0.4, -0.2) is 49.2 Å². The molecule has 1 saturated heterocycles. The Hall–Kier alpha value is -1.29. The predicted molar refractivity (Wildman–Crippen MR) is 81.9 cm³/mol. The van der Waals surface area contributed by atoms with Gasteiger partial charge in [0.1, 0.15) is 5.82 Å². The summed E-state index contributed by atoms with van der Waals surface area (Å²) in [4.78, 5) is 9.24. The van der Waals surface area contributed by atoms with E-state index in [0.29, 0.717) is 6.04 Å². The van der Waals surface area contributed by atoms with Crippen LogP contribution in [0.2, 0.25) is 0 Å². The lowest BCUT2D eigenvalue weighted by Crippen LogP contribution is -2.44. The number of pyridine rings is 1. The van der Waals surface area contributed by atoms with Gasteiger partial charge in [-0.05, 0) is 26.5 Å². The van der Waals surface area contributed by atoms with E-state index < -0.39 is 0 Å². The molecule has 19 heavy (non-hydrogen) atoms. The van der Waals surface area contributed by atoms with Gasteiger partial charge >= 0.3 is 0 Å². The number of aromatic nitrogens is 1. The zero-order valence-electron chi connectivity index (χ0n) is 12.4. The third-order valence-corrected chi connectivity index (χ3v) is 3.73. The Morgan fingerprint density at radius 3 is 2.74 bits per heavy atom. The summed E-state index contributed by atoms with van der Waals surface area (Å²) in [6, 6.07) is 4.78. The predicted octanol–water partition coefficient (Wildman–Crippen LogP) is 2.43. The molecule has 4 heteroatoms. The summed E-state index contributed by atoms with van der Waals surface area (Å²) in [5, 5.41) is 3.48. The maximum Gasteiger partial charge on any atom is 0.128 e. The number of anilines is 2. The third-order valence-electron chi connectivity index (χ3n) is 3.73. The van der Waals surface area contributed by atoms with Crippen LogP contribution in [0.5, 0.6) is 0 Å². The van der Waals surface area contributed by atoms with Crippen molar-refractivity contribution in [2.45, 2.75) is 32.7 Å². The van der Waals surface area contributed by atoms with Gasteiger partial charge in [-0.2, -0.15) is 0 Å². The first-order valence-electron chi connectivity index (χ1n) is 7.35. The van der Waals surface area contributed by atoms with Crippen LogP contribution in [0, 0.1) is 0 Å². The summed E-state index contributed by atoms with van der Waals surface area (Å²) in [6.45, 7) is 8.91. The van der Waals surface area contributed by atoms with Gasteiger partial charge in [0.2, 0.25) is 0 Å². The van der Waals surface area contributed by atoms with Gasteiger partial charge in [-0.1, -0.05) is 13.3 Å². The Morgan fingerprint density at radius 2 is 2.05 bits per heavy atom. The highest BCUT2D eigenvalue weighted by atomic mass is 15.2. The van der Waals surface area contributed by atoms with E-state index in [1.165, 1.54) is 18.5 Å². The topological polar surface area (TPSA) is 31.4 Å². The molecular weight excluding hydrogens is 236 g/mol. The lowest BCUT2D eigenvalue weighted by molar-refractivity contribution is 0.313. The smallest absolute Gasteiger partial charge is 0.128 e. The number of hydrogen-bond donors (Lipinski definition) is 1. The highest BCUT2D eigenvalue weighted by molar-refractivity contribution is 5.54. The summed E-state index contributed by atoms with van der Waals surface area (Å²) < 4.78 is 0. The lowest BCUT2D eigenvalue weighted by atomic mass is 10.2. The number of nitrogens with one attached hydrogen (secondary N) is 1. The van der Waals surface area contributed by atoms with Crippen molar-refractivity contribution in [3.63, 3.8) is 0 Å². The first kappa shape index (κ1) is 14.1. The molecule has 1 N–H and O–H groups in total. The van der Waals surface area contributed by atoms with E-state index in [1.54, 1.807) is 0 Å². The summed E-state index contributed by atoms with van der Waals surface area (Å²) in [5.74, 6) is 0.998. The quantitative estimate of drug-likeness (QED) is 0.883. The van der Waals surface area contributed by atoms with E-state index >= 15 is 0 Å². The standard InChI is InChI=1S/C15H26N4/c1-4-5-13(2)17-15-12-14(6-7-16-15)19-10-8-18(3)9-11-19/h6-7,12-13H,4-5,8-11H2,1-3H3,(H,16,17). The Balaban J connectivity index is 1.98. The normalized spacial score (nSPS) is 18.4. The highest BCUT2D eigenvalue weighted by Crippen LogP contribution is 2.19. The largest absolute Gasteiger partial charge is 0.369 e. The van der Waals surface area contributed by atoms with E-state index in [4.69, 9.17) is 0 Å². The molecule has 0 radical (unpaired) electrons. The minimum Gasteiger partial charge on any atom is -0.369 e. The molecule has 1 fully saturated rings. The van der Waals surface area contributed by atoms with Crippen molar-refractivity contribution >= 4 is 11.5 Å². The molecule has 106 valence electrons. The van der Waals surface area contributed by atoms with Gasteiger partial charge in [0.05, 0.1) is 0 Å². The molecule has 1 atom stereocenters. The Kier molecular flexibility index (Phi) is 5.02. The summed E-state index contributed by atoms with van der Waals surface area (Å²) in [6.07, 6.45) is 4.29. The summed E-state index contributed by atoms with van der Waals surface area (Å²) in [7, 11) is 2.18. The van der Waals surface area contributed by atoms with Crippen LogP contribution in [0.3, 0.4) is 0 Å². The van der Waals surface area contributed by atoms with Crippen LogP contribution >= 0.6 is 0 Å². The molecule has 0 bridgehead atoms. The van der Waals surface area contributed by atoms with Gasteiger partial charge in [-0.15, -0.1) is 0 Å². The minimum absolute atomic E-state index is 0.486. The third kappa shape index (κ3) is 4.10. The van der Waals surface area contributed by atoms with E-state index in [0.717, 1.165) is 32.0 Å². The molecule has 2 heterocycles. The monoisotopic (exact) mass is 262 g/mol. The van der Waals surface area contributed by atoms with Crippen molar-refractivity contribution in [2.75, 3.05) is 43.4 Å². The molecular formula is C15H26N4. The van der Waals surface area contributed by atoms with E-state index in [1.807, 2.05) is 6.20 Å². The van der Waals surface area contributed by atoms with Gasteiger partial charge in [0.15, 0.2) is 0 Å². The zero-order valence-corrected chi connectivity index (χ0v) is 12.4. The Morgan fingerprint density at radius 1 is 1.32 bits per heavy atom. The molecule has 1 aliphatic heterocycles. The fourth-order valence-electron chi connectivity index (χ4n) is 2.52. The maximum atomic E-state index is 4.42. The molecule has 2 rings (SSSR count). The van der Waals surface area contributed by atoms with Crippen LogP contribution < -0.4 is 10.2 Å². The van der Waals surface area contributed by atoms with Crippen LogP contribution in [0.4, 0.5) is 11.5 Å². The van der Waals surface area contributed by atoms with Gasteiger partial charge in [0.25, 0.3) is 0 Å². The van der Waals surface area contributed by atoms with Gasteiger partial charge in [-0.3, -0.25) is 0 Å². The first-order chi connectivity index (χ1) is 9.19. The molecule has 1 unspecified atom stereocenters. The van der Waals surface area contributed by atoms with E-state index in [-0.39, 0.29) is 0 Å². The molecule has 1 aliphatic rings. The molecule has 0 aliphatic carbocycles. The average Bonchev–Trinajstić information content (AvgIpc) is 2.40. The molecule has 0 saturated carbocycles. The fraction of sp³-hybridized carbons (Fsp3) is 0.667. The fourth-order valence-corrected chi connectivity index (χ4v) is 2.52. The zero-order chi connectivity index (χ0) is 13.7. The number of nitrogens with zero attached hydrogens (tertiary/aromatic N) is 3. The second-order valence-electron chi connectivity index (χ2n) is 5.52. The molecule has 1 aromatic rings. The van der Waals surface area contributed by atoms with Gasteiger partial charge in [0, 0.05) is 50.2 Å². The maximum absolute atomic E-state index is 4.42. The van der Waals surface area contributed by atoms with Crippen molar-refractivity contribution in [3.8, 4) is 0 Å². The van der Waals surface area contributed by atoms with Gasteiger partial charge < -0.3 is 15.1 Å². The SMILES string of the molecule is CCCC(C)Nc1cc(N2CCN(C)CC2)ccn1. The van der Waals surface area contributed by atoms with Crippen molar-refractivity contribution < 1.29 is 0 Å². The number of hydrogen-bond acceptors (Lipinski definition) is 4. The van der Waals surface area contributed by atoms with Gasteiger partial charge in [-0.25, -0.2) is 4.98 Å².